The van der Waals surface area contributed by atoms with Gasteiger partial charge in [-0.15, -0.1) is 12.4 Å². The van der Waals surface area contributed by atoms with Gasteiger partial charge in [0.1, 0.15) is 5.75 Å². The Morgan fingerprint density at radius 1 is 1.36 bits per heavy atom. The van der Waals surface area contributed by atoms with Gasteiger partial charge in [0.05, 0.1) is 12.2 Å². The van der Waals surface area contributed by atoms with Crippen molar-refractivity contribution in [3.63, 3.8) is 0 Å². The van der Waals surface area contributed by atoms with E-state index in [1.54, 1.807) is 6.20 Å². The molecule has 3 heterocycles. The maximum atomic E-state index is 12.6. The number of halogens is 1. The van der Waals surface area contributed by atoms with Crippen LogP contribution in [0.4, 0.5) is 5.69 Å². The Morgan fingerprint density at radius 2 is 2.28 bits per heavy atom. The number of nitrogens with one attached hydrogen (secondary N) is 2. The van der Waals surface area contributed by atoms with Crippen molar-refractivity contribution in [3.8, 4) is 5.75 Å². The predicted octanol–water partition coefficient (Wildman–Crippen LogP) is 2.84. The lowest BCUT2D eigenvalue weighted by Gasteiger charge is -2.11. The summed E-state index contributed by atoms with van der Waals surface area (Å²) in [6.45, 7) is 2.81. The predicted molar refractivity (Wildman–Crippen MR) is 99.8 cm³/mol. The Bertz CT molecular complexity index is 760. The largest absolute Gasteiger partial charge is 0.493 e. The van der Waals surface area contributed by atoms with Gasteiger partial charge in [0, 0.05) is 30.1 Å². The number of amides is 1. The summed E-state index contributed by atoms with van der Waals surface area (Å²) in [7, 11) is 0. The van der Waals surface area contributed by atoms with Gasteiger partial charge < -0.3 is 15.4 Å². The van der Waals surface area contributed by atoms with E-state index in [2.05, 4.69) is 15.6 Å². The molecule has 0 bridgehead atoms. The van der Waals surface area contributed by atoms with Crippen molar-refractivity contribution in [1.29, 1.82) is 0 Å². The molecule has 1 unspecified atom stereocenters. The fourth-order valence-electron chi connectivity index (χ4n) is 3.48. The molecule has 1 saturated heterocycles. The van der Waals surface area contributed by atoms with Crippen LogP contribution in [0, 0.1) is 5.92 Å². The van der Waals surface area contributed by atoms with Crippen LogP contribution in [0.1, 0.15) is 27.9 Å². The standard InChI is InChI=1S/C19H21N3O2.ClH/c23-19(22-17-2-1-3-18-16(17)5-7-24-18)15-9-14(11-21-12-15)8-13-4-6-20-10-13;/h1-3,9,11-13,20H,4-8,10H2,(H,22,23);1H. The number of hydrogen-bond acceptors (Lipinski definition) is 4. The zero-order valence-electron chi connectivity index (χ0n) is 14.0. The zero-order valence-corrected chi connectivity index (χ0v) is 14.8. The summed E-state index contributed by atoms with van der Waals surface area (Å²) < 4.78 is 5.55. The van der Waals surface area contributed by atoms with E-state index in [1.165, 1.54) is 6.42 Å². The first kappa shape index (κ1) is 17.7. The molecule has 1 amide bonds. The van der Waals surface area contributed by atoms with Gasteiger partial charge in [0.25, 0.3) is 5.91 Å². The number of carbonyl (C=O) groups excluding carboxylic acids is 1. The third-order valence-corrected chi connectivity index (χ3v) is 4.73. The minimum atomic E-state index is -0.116. The third kappa shape index (κ3) is 3.94. The van der Waals surface area contributed by atoms with E-state index in [0.717, 1.165) is 48.5 Å². The minimum absolute atomic E-state index is 0. The molecular formula is C19H22ClN3O2. The van der Waals surface area contributed by atoms with Crippen molar-refractivity contribution < 1.29 is 9.53 Å². The maximum Gasteiger partial charge on any atom is 0.257 e. The molecule has 4 rings (SSSR count). The lowest BCUT2D eigenvalue weighted by atomic mass is 9.99. The van der Waals surface area contributed by atoms with E-state index >= 15 is 0 Å². The Balaban J connectivity index is 0.00000182. The number of anilines is 1. The summed E-state index contributed by atoms with van der Waals surface area (Å²) in [5, 5.41) is 6.38. The Morgan fingerprint density at radius 3 is 3.12 bits per heavy atom. The highest BCUT2D eigenvalue weighted by molar-refractivity contribution is 6.04. The highest BCUT2D eigenvalue weighted by Crippen LogP contribution is 2.31. The van der Waals surface area contributed by atoms with Crippen LogP contribution < -0.4 is 15.4 Å². The van der Waals surface area contributed by atoms with Crippen LogP contribution in [0.2, 0.25) is 0 Å². The molecule has 0 saturated carbocycles. The van der Waals surface area contributed by atoms with Crippen molar-refractivity contribution >= 4 is 24.0 Å². The SMILES string of the molecule is Cl.O=C(Nc1cccc2c1CCO2)c1cncc(CC2CCNC2)c1. The molecule has 0 aliphatic carbocycles. The number of pyridine rings is 1. The second-order valence-electron chi connectivity index (χ2n) is 6.48. The maximum absolute atomic E-state index is 12.6. The summed E-state index contributed by atoms with van der Waals surface area (Å²) in [5.41, 5.74) is 3.64. The fourth-order valence-corrected chi connectivity index (χ4v) is 3.48. The molecule has 1 aromatic carbocycles. The van der Waals surface area contributed by atoms with Gasteiger partial charge in [-0.25, -0.2) is 0 Å². The van der Waals surface area contributed by atoms with Crippen molar-refractivity contribution in [2.24, 2.45) is 5.92 Å². The molecule has 2 aromatic rings. The van der Waals surface area contributed by atoms with Gasteiger partial charge >= 0.3 is 0 Å². The quantitative estimate of drug-likeness (QED) is 0.881. The Kier molecular flexibility index (Phi) is 5.56. The van der Waals surface area contributed by atoms with Crippen LogP contribution in [0.15, 0.2) is 36.7 Å². The molecular weight excluding hydrogens is 338 g/mol. The number of fused-ring (bicyclic) bond motifs is 1. The molecule has 5 nitrogen and oxygen atoms in total. The topological polar surface area (TPSA) is 63.2 Å². The van der Waals surface area contributed by atoms with Crippen molar-refractivity contribution in [2.75, 3.05) is 25.0 Å². The van der Waals surface area contributed by atoms with Crippen molar-refractivity contribution in [3.05, 3.63) is 53.3 Å². The molecule has 1 atom stereocenters. The molecule has 0 spiro atoms. The van der Waals surface area contributed by atoms with E-state index in [9.17, 15) is 4.79 Å². The number of ether oxygens (including phenoxy) is 1. The van der Waals surface area contributed by atoms with E-state index in [-0.39, 0.29) is 18.3 Å². The summed E-state index contributed by atoms with van der Waals surface area (Å²) in [5.74, 6) is 1.39. The number of rotatable bonds is 4. The number of nitrogens with zero attached hydrogens (tertiary/aromatic N) is 1. The smallest absolute Gasteiger partial charge is 0.257 e. The van der Waals surface area contributed by atoms with Crippen LogP contribution in [0.5, 0.6) is 5.75 Å². The van der Waals surface area contributed by atoms with Crippen LogP contribution in [-0.4, -0.2) is 30.6 Å². The van der Waals surface area contributed by atoms with Crippen molar-refractivity contribution in [2.45, 2.75) is 19.3 Å². The molecule has 2 aliphatic rings. The second-order valence-corrected chi connectivity index (χ2v) is 6.48. The van der Waals surface area contributed by atoms with Crippen LogP contribution in [-0.2, 0) is 12.8 Å². The highest BCUT2D eigenvalue weighted by atomic mass is 35.5. The number of benzene rings is 1. The van der Waals surface area contributed by atoms with Crippen molar-refractivity contribution in [1.82, 2.24) is 10.3 Å². The normalized spacial score (nSPS) is 18.2. The number of aromatic nitrogens is 1. The Labute approximate surface area is 153 Å². The fraction of sp³-hybridized carbons (Fsp3) is 0.368. The number of hydrogen-bond donors (Lipinski definition) is 2. The van der Waals surface area contributed by atoms with Crippen LogP contribution in [0.25, 0.3) is 0 Å². The number of carbonyl (C=O) groups is 1. The summed E-state index contributed by atoms with van der Waals surface area (Å²) in [6.07, 6.45) is 6.48. The monoisotopic (exact) mass is 359 g/mol. The average Bonchev–Trinajstić information content (AvgIpc) is 3.27. The van der Waals surface area contributed by atoms with Gasteiger partial charge in [-0.05, 0) is 55.6 Å². The lowest BCUT2D eigenvalue weighted by Crippen LogP contribution is -2.15. The van der Waals surface area contributed by atoms with Gasteiger partial charge in [-0.1, -0.05) is 6.07 Å². The molecule has 6 heteroatoms. The van der Waals surface area contributed by atoms with Crippen LogP contribution >= 0.6 is 12.4 Å². The first-order chi connectivity index (χ1) is 11.8. The van der Waals surface area contributed by atoms with E-state index < -0.39 is 0 Å². The molecule has 2 aliphatic heterocycles. The second kappa shape index (κ2) is 7.85. The molecule has 1 aromatic heterocycles. The van der Waals surface area contributed by atoms with E-state index in [1.807, 2.05) is 30.5 Å². The summed E-state index contributed by atoms with van der Waals surface area (Å²) in [6, 6.07) is 7.73. The van der Waals surface area contributed by atoms with Gasteiger partial charge in [0.2, 0.25) is 0 Å². The zero-order chi connectivity index (χ0) is 16.4. The summed E-state index contributed by atoms with van der Waals surface area (Å²) >= 11 is 0. The van der Waals surface area contributed by atoms with E-state index in [0.29, 0.717) is 18.1 Å². The first-order valence-corrected chi connectivity index (χ1v) is 8.50. The lowest BCUT2D eigenvalue weighted by molar-refractivity contribution is 0.102. The first-order valence-electron chi connectivity index (χ1n) is 8.50. The Hall–Kier alpha value is -2.11. The average molecular weight is 360 g/mol. The highest BCUT2D eigenvalue weighted by Gasteiger charge is 2.19. The minimum Gasteiger partial charge on any atom is -0.493 e. The van der Waals surface area contributed by atoms with Gasteiger partial charge in [-0.3, -0.25) is 9.78 Å². The van der Waals surface area contributed by atoms with Gasteiger partial charge in [-0.2, -0.15) is 0 Å². The van der Waals surface area contributed by atoms with Gasteiger partial charge in [0.15, 0.2) is 0 Å². The molecule has 0 radical (unpaired) electrons. The molecule has 132 valence electrons. The summed E-state index contributed by atoms with van der Waals surface area (Å²) in [4.78, 5) is 16.9. The van der Waals surface area contributed by atoms with Crippen LogP contribution in [0.3, 0.4) is 0 Å². The molecule has 1 fully saturated rings. The van der Waals surface area contributed by atoms with E-state index in [4.69, 9.17) is 4.74 Å². The molecule has 2 N–H and O–H groups in total. The molecule has 25 heavy (non-hydrogen) atoms. The third-order valence-electron chi connectivity index (χ3n) is 4.73.